The van der Waals surface area contributed by atoms with Gasteiger partial charge >= 0.3 is 0 Å². The van der Waals surface area contributed by atoms with Crippen molar-refractivity contribution in [3.63, 3.8) is 0 Å². The SMILES string of the molecule is CC(O)C1CCN(C(=O)c2cnn(Cc3ccccc3Cl)c2)C1. The maximum atomic E-state index is 12.5. The smallest absolute Gasteiger partial charge is 0.257 e. The summed E-state index contributed by atoms with van der Waals surface area (Å²) in [6.45, 7) is 3.60. The molecule has 0 aliphatic carbocycles. The Labute approximate surface area is 140 Å². The highest BCUT2D eigenvalue weighted by Crippen LogP contribution is 2.22. The van der Waals surface area contributed by atoms with Gasteiger partial charge in [0.05, 0.1) is 24.4 Å². The Bertz CT molecular complexity index is 699. The minimum absolute atomic E-state index is 0.0291. The average molecular weight is 334 g/mol. The fraction of sp³-hybridized carbons (Fsp3) is 0.412. The van der Waals surface area contributed by atoms with Gasteiger partial charge in [0, 0.05) is 30.2 Å². The third-order valence-electron chi connectivity index (χ3n) is 4.36. The van der Waals surface area contributed by atoms with Gasteiger partial charge < -0.3 is 10.0 Å². The van der Waals surface area contributed by atoms with Crippen LogP contribution in [0.5, 0.6) is 0 Å². The first-order chi connectivity index (χ1) is 11.0. The van der Waals surface area contributed by atoms with Gasteiger partial charge in [0.2, 0.25) is 0 Å². The lowest BCUT2D eigenvalue weighted by atomic mass is 10.0. The number of carbonyl (C=O) groups is 1. The number of amides is 1. The molecule has 1 aromatic carbocycles. The van der Waals surface area contributed by atoms with Crippen LogP contribution in [0.3, 0.4) is 0 Å². The van der Waals surface area contributed by atoms with Crippen LogP contribution in [-0.2, 0) is 6.54 Å². The highest BCUT2D eigenvalue weighted by atomic mass is 35.5. The quantitative estimate of drug-likeness (QED) is 0.935. The van der Waals surface area contributed by atoms with Crippen molar-refractivity contribution in [1.82, 2.24) is 14.7 Å². The highest BCUT2D eigenvalue weighted by molar-refractivity contribution is 6.31. The minimum atomic E-state index is -0.379. The Kier molecular flexibility index (Phi) is 4.68. The minimum Gasteiger partial charge on any atom is -0.393 e. The maximum absolute atomic E-state index is 12.5. The van der Waals surface area contributed by atoms with Crippen molar-refractivity contribution in [2.45, 2.75) is 26.0 Å². The van der Waals surface area contributed by atoms with Crippen molar-refractivity contribution in [2.24, 2.45) is 5.92 Å². The van der Waals surface area contributed by atoms with Crippen molar-refractivity contribution in [3.05, 3.63) is 52.8 Å². The molecule has 2 atom stereocenters. The average Bonchev–Trinajstić information content (AvgIpc) is 3.18. The second kappa shape index (κ2) is 6.72. The molecule has 122 valence electrons. The van der Waals surface area contributed by atoms with E-state index in [4.69, 9.17) is 11.6 Å². The molecule has 2 heterocycles. The first-order valence-corrected chi connectivity index (χ1v) is 8.15. The molecule has 1 N–H and O–H groups in total. The normalized spacial score (nSPS) is 19.1. The van der Waals surface area contributed by atoms with Crippen LogP contribution in [0.25, 0.3) is 0 Å². The Morgan fingerprint density at radius 2 is 2.26 bits per heavy atom. The Morgan fingerprint density at radius 1 is 1.48 bits per heavy atom. The summed E-state index contributed by atoms with van der Waals surface area (Å²) in [6, 6.07) is 7.60. The van der Waals surface area contributed by atoms with Crippen molar-refractivity contribution >= 4 is 17.5 Å². The summed E-state index contributed by atoms with van der Waals surface area (Å²) in [5.41, 5.74) is 1.54. The summed E-state index contributed by atoms with van der Waals surface area (Å²) >= 11 is 6.15. The summed E-state index contributed by atoms with van der Waals surface area (Å²) in [6.07, 6.45) is 3.81. The summed E-state index contributed by atoms with van der Waals surface area (Å²) in [7, 11) is 0. The van der Waals surface area contributed by atoms with Gasteiger partial charge in [-0.2, -0.15) is 5.10 Å². The molecule has 0 spiro atoms. The van der Waals surface area contributed by atoms with Crippen LogP contribution in [-0.4, -0.2) is 44.9 Å². The molecule has 0 saturated carbocycles. The zero-order valence-electron chi connectivity index (χ0n) is 13.0. The largest absolute Gasteiger partial charge is 0.393 e. The molecule has 23 heavy (non-hydrogen) atoms. The van der Waals surface area contributed by atoms with E-state index in [9.17, 15) is 9.90 Å². The molecular weight excluding hydrogens is 314 g/mol. The number of aliphatic hydroxyl groups excluding tert-OH is 1. The number of aromatic nitrogens is 2. The van der Waals surface area contributed by atoms with Crippen LogP contribution in [0.4, 0.5) is 0 Å². The molecule has 2 unspecified atom stereocenters. The number of halogens is 1. The number of hydrogen-bond acceptors (Lipinski definition) is 3. The molecule has 3 rings (SSSR count). The summed E-state index contributed by atoms with van der Waals surface area (Å²) < 4.78 is 1.72. The molecule has 1 aromatic heterocycles. The van der Waals surface area contributed by atoms with Gasteiger partial charge in [0.1, 0.15) is 0 Å². The molecule has 0 bridgehead atoms. The van der Waals surface area contributed by atoms with Crippen LogP contribution in [0.1, 0.15) is 29.3 Å². The third kappa shape index (κ3) is 3.57. The van der Waals surface area contributed by atoms with Crippen molar-refractivity contribution < 1.29 is 9.90 Å². The zero-order chi connectivity index (χ0) is 16.4. The predicted octanol–water partition coefficient (Wildman–Crippen LogP) is 2.43. The van der Waals surface area contributed by atoms with Gasteiger partial charge in [-0.25, -0.2) is 0 Å². The number of benzene rings is 1. The van der Waals surface area contributed by atoms with E-state index in [2.05, 4.69) is 5.10 Å². The Balaban J connectivity index is 1.67. The van der Waals surface area contributed by atoms with E-state index >= 15 is 0 Å². The number of rotatable bonds is 4. The van der Waals surface area contributed by atoms with Gasteiger partial charge in [-0.15, -0.1) is 0 Å². The molecular formula is C17H20ClN3O2. The van der Waals surface area contributed by atoms with E-state index < -0.39 is 0 Å². The maximum Gasteiger partial charge on any atom is 0.257 e. The van der Waals surface area contributed by atoms with Crippen LogP contribution in [0.15, 0.2) is 36.7 Å². The van der Waals surface area contributed by atoms with Gasteiger partial charge in [-0.05, 0) is 25.0 Å². The number of likely N-dealkylation sites (tertiary alicyclic amines) is 1. The van der Waals surface area contributed by atoms with Gasteiger partial charge in [-0.1, -0.05) is 29.8 Å². The zero-order valence-corrected chi connectivity index (χ0v) is 13.8. The molecule has 1 aliphatic heterocycles. The van der Waals surface area contributed by atoms with E-state index in [-0.39, 0.29) is 17.9 Å². The highest BCUT2D eigenvalue weighted by Gasteiger charge is 2.30. The predicted molar refractivity (Wildman–Crippen MR) is 88.5 cm³/mol. The summed E-state index contributed by atoms with van der Waals surface area (Å²) in [5, 5.41) is 14.6. The van der Waals surface area contributed by atoms with Crippen molar-refractivity contribution in [3.8, 4) is 0 Å². The monoisotopic (exact) mass is 333 g/mol. The molecule has 1 aliphatic rings. The number of nitrogens with zero attached hydrogens (tertiary/aromatic N) is 3. The van der Waals surface area contributed by atoms with E-state index in [0.29, 0.717) is 30.2 Å². The summed E-state index contributed by atoms with van der Waals surface area (Å²) in [4.78, 5) is 14.3. The second-order valence-corrected chi connectivity index (χ2v) is 6.47. The van der Waals surface area contributed by atoms with E-state index in [1.807, 2.05) is 24.3 Å². The van der Waals surface area contributed by atoms with Crippen LogP contribution < -0.4 is 0 Å². The van der Waals surface area contributed by atoms with Crippen LogP contribution >= 0.6 is 11.6 Å². The lowest BCUT2D eigenvalue weighted by molar-refractivity contribution is 0.0762. The molecule has 6 heteroatoms. The topological polar surface area (TPSA) is 58.4 Å². The van der Waals surface area contributed by atoms with Gasteiger partial charge in [-0.3, -0.25) is 9.48 Å². The molecule has 1 saturated heterocycles. The first kappa shape index (κ1) is 16.0. The molecule has 1 amide bonds. The Morgan fingerprint density at radius 3 is 2.96 bits per heavy atom. The van der Waals surface area contributed by atoms with Gasteiger partial charge in [0.15, 0.2) is 0 Å². The molecule has 1 fully saturated rings. The lowest BCUT2D eigenvalue weighted by Crippen LogP contribution is -2.30. The lowest BCUT2D eigenvalue weighted by Gasteiger charge is -2.16. The van der Waals surface area contributed by atoms with E-state index in [1.165, 1.54) is 0 Å². The molecule has 2 aromatic rings. The molecule has 5 nitrogen and oxygen atoms in total. The number of hydrogen-bond donors (Lipinski definition) is 1. The number of carbonyl (C=O) groups excluding carboxylic acids is 1. The van der Waals surface area contributed by atoms with E-state index in [0.717, 1.165) is 12.0 Å². The van der Waals surface area contributed by atoms with E-state index in [1.54, 1.807) is 28.9 Å². The van der Waals surface area contributed by atoms with Crippen molar-refractivity contribution in [2.75, 3.05) is 13.1 Å². The fourth-order valence-electron chi connectivity index (χ4n) is 2.91. The van der Waals surface area contributed by atoms with Gasteiger partial charge in [0.25, 0.3) is 5.91 Å². The Hall–Kier alpha value is -1.85. The fourth-order valence-corrected chi connectivity index (χ4v) is 3.11. The standard InChI is InChI=1S/C17H20ClN3O2/c1-12(22)13-6-7-20(9-13)17(23)15-8-19-21(11-15)10-14-4-2-3-5-16(14)18/h2-5,8,11-13,22H,6-7,9-10H2,1H3. The second-order valence-electron chi connectivity index (χ2n) is 6.06. The molecule has 0 radical (unpaired) electrons. The number of aliphatic hydroxyl groups is 1. The van der Waals surface area contributed by atoms with Crippen LogP contribution in [0, 0.1) is 5.92 Å². The third-order valence-corrected chi connectivity index (χ3v) is 4.73. The van der Waals surface area contributed by atoms with Crippen molar-refractivity contribution in [1.29, 1.82) is 0 Å². The summed E-state index contributed by atoms with van der Waals surface area (Å²) in [5.74, 6) is 0.135. The first-order valence-electron chi connectivity index (χ1n) is 7.78. The van der Waals surface area contributed by atoms with Crippen LogP contribution in [0.2, 0.25) is 5.02 Å².